The van der Waals surface area contributed by atoms with Gasteiger partial charge in [0.05, 0.1) is 29.2 Å². The number of hydrogen-bond acceptors (Lipinski definition) is 11. The van der Waals surface area contributed by atoms with Crippen LogP contribution in [0.4, 0.5) is 0 Å². The van der Waals surface area contributed by atoms with Crippen LogP contribution in [-0.2, 0) is 30.3 Å². The van der Waals surface area contributed by atoms with Crippen LogP contribution in [0.5, 0.6) is 0 Å². The van der Waals surface area contributed by atoms with Gasteiger partial charge in [0.25, 0.3) is 5.91 Å². The maximum absolute atomic E-state index is 13.6. The van der Waals surface area contributed by atoms with Gasteiger partial charge in [-0.15, -0.1) is 11.3 Å². The average Bonchev–Trinajstić information content (AvgIpc) is 3.84. The molecular formula is C43H38N2O9S. The summed E-state index contributed by atoms with van der Waals surface area (Å²) in [6.45, 7) is 3.22. The van der Waals surface area contributed by atoms with Gasteiger partial charge in [0.1, 0.15) is 35.2 Å². The molecule has 1 fully saturated rings. The fraction of sp³-hybridized carbons (Fsp3) is 0.209. The zero-order chi connectivity index (χ0) is 38.7. The fourth-order valence-electron chi connectivity index (χ4n) is 6.10. The van der Waals surface area contributed by atoms with Crippen molar-refractivity contribution in [3.63, 3.8) is 0 Å². The minimum atomic E-state index is -1.08. The van der Waals surface area contributed by atoms with Crippen molar-refractivity contribution in [2.45, 2.75) is 45.0 Å². The number of allylic oxidation sites excluding steroid dienone is 1. The normalized spacial score (nSPS) is 17.3. The molecule has 55 heavy (non-hydrogen) atoms. The second-order valence-corrected chi connectivity index (χ2v) is 13.9. The first kappa shape index (κ1) is 38.3. The highest BCUT2D eigenvalue weighted by atomic mass is 32.1. The van der Waals surface area contributed by atoms with E-state index in [2.05, 4.69) is 10.3 Å². The molecule has 0 radical (unpaired) electrons. The maximum Gasteiger partial charge on any atom is 0.355 e. The van der Waals surface area contributed by atoms with Gasteiger partial charge in [0.2, 0.25) is 0 Å². The van der Waals surface area contributed by atoms with E-state index in [1.165, 1.54) is 5.38 Å². The van der Waals surface area contributed by atoms with Crippen molar-refractivity contribution in [2.75, 3.05) is 6.61 Å². The van der Waals surface area contributed by atoms with E-state index in [-0.39, 0.29) is 42.2 Å². The monoisotopic (exact) mass is 758 g/mol. The highest BCUT2D eigenvalue weighted by molar-refractivity contribution is 7.10. The summed E-state index contributed by atoms with van der Waals surface area (Å²) in [5.41, 5.74) is 2.22. The van der Waals surface area contributed by atoms with Gasteiger partial charge < -0.3 is 24.3 Å². The third-order valence-corrected chi connectivity index (χ3v) is 9.89. The summed E-state index contributed by atoms with van der Waals surface area (Å²) in [5.74, 6) is -4.53. The molecule has 1 aromatic heterocycles. The summed E-state index contributed by atoms with van der Waals surface area (Å²) in [6, 6.07) is 34.4. The van der Waals surface area contributed by atoms with Crippen molar-refractivity contribution < 1.29 is 42.9 Å². The van der Waals surface area contributed by atoms with Gasteiger partial charge in [-0.2, -0.15) is 0 Å². The lowest BCUT2D eigenvalue weighted by atomic mass is 10.1. The minimum absolute atomic E-state index is 0.0135. The molecule has 280 valence electrons. The maximum atomic E-state index is 13.6. The number of esters is 4. The predicted octanol–water partition coefficient (Wildman–Crippen LogP) is 7.32. The van der Waals surface area contributed by atoms with E-state index in [0.717, 1.165) is 16.9 Å². The Bertz CT molecular complexity index is 2150. The molecule has 12 heteroatoms. The molecule has 1 aliphatic carbocycles. The second kappa shape index (κ2) is 18.1. The van der Waals surface area contributed by atoms with Crippen LogP contribution >= 0.6 is 11.3 Å². The molecule has 0 unspecified atom stereocenters. The Kier molecular flexibility index (Phi) is 12.6. The topological polar surface area (TPSA) is 147 Å². The Labute approximate surface area is 321 Å². The van der Waals surface area contributed by atoms with E-state index in [0.29, 0.717) is 16.1 Å². The molecule has 11 nitrogen and oxygen atoms in total. The Morgan fingerprint density at radius 1 is 0.673 bits per heavy atom. The van der Waals surface area contributed by atoms with E-state index in [1.807, 2.05) is 30.3 Å². The standard InChI is InChI=1S/C43H38N2O9S/c1-27(2)35(43(50)51-24-28-15-7-3-8-16-28)45-38(46)34-26-55-39(44-34)33-23-32(25-52-40(47)29-17-9-4-10-18-29)36(53-41(48)30-19-11-5-12-20-30)37(33)54-42(49)31-21-13-6-14-22-31/h3-22,26,32-33,36-37H,23-25H2,1-2H3,(H,45,46)/t32-,33-,36-,37+/m0/s1. The fourth-order valence-corrected chi connectivity index (χ4v) is 7.04. The van der Waals surface area contributed by atoms with Crippen molar-refractivity contribution >= 4 is 41.1 Å². The zero-order valence-electron chi connectivity index (χ0n) is 30.1. The number of amides is 1. The molecule has 0 bridgehead atoms. The van der Waals surface area contributed by atoms with Crippen molar-refractivity contribution in [1.29, 1.82) is 0 Å². The number of rotatable bonds is 13. The first-order chi connectivity index (χ1) is 26.7. The van der Waals surface area contributed by atoms with Crippen molar-refractivity contribution in [3.05, 3.63) is 171 Å². The molecule has 1 heterocycles. The number of ether oxygens (including phenoxy) is 4. The molecule has 0 aliphatic heterocycles. The van der Waals surface area contributed by atoms with Gasteiger partial charge >= 0.3 is 23.9 Å². The molecule has 1 amide bonds. The molecule has 1 N–H and O–H groups in total. The first-order valence-electron chi connectivity index (χ1n) is 17.6. The summed E-state index contributed by atoms with van der Waals surface area (Å²) in [4.78, 5) is 71.3. The van der Waals surface area contributed by atoms with Crippen LogP contribution in [-0.4, -0.2) is 53.6 Å². The van der Waals surface area contributed by atoms with Gasteiger partial charge in [-0.1, -0.05) is 84.9 Å². The summed E-state index contributed by atoms with van der Waals surface area (Å²) in [5, 5.41) is 4.60. The molecule has 1 aliphatic rings. The minimum Gasteiger partial charge on any atom is -0.462 e. The third kappa shape index (κ3) is 9.78. The number of thiazole rings is 1. The number of nitrogens with one attached hydrogen (secondary N) is 1. The number of hydrogen-bond donors (Lipinski definition) is 1. The summed E-state index contributed by atoms with van der Waals surface area (Å²) in [6.07, 6.45) is -1.92. The lowest BCUT2D eigenvalue weighted by molar-refractivity contribution is -0.140. The third-order valence-electron chi connectivity index (χ3n) is 8.91. The van der Waals surface area contributed by atoms with Crippen LogP contribution in [0, 0.1) is 5.92 Å². The van der Waals surface area contributed by atoms with Gasteiger partial charge in [-0.25, -0.2) is 24.2 Å². The highest BCUT2D eigenvalue weighted by Crippen LogP contribution is 2.44. The van der Waals surface area contributed by atoms with E-state index in [1.54, 1.807) is 105 Å². The van der Waals surface area contributed by atoms with Crippen molar-refractivity contribution in [1.82, 2.24) is 10.3 Å². The number of benzene rings is 4. The molecule has 4 aromatic carbocycles. The van der Waals surface area contributed by atoms with E-state index in [4.69, 9.17) is 18.9 Å². The highest BCUT2D eigenvalue weighted by Gasteiger charge is 2.50. The van der Waals surface area contributed by atoms with Crippen LogP contribution < -0.4 is 5.32 Å². The van der Waals surface area contributed by atoms with E-state index in [9.17, 15) is 24.0 Å². The van der Waals surface area contributed by atoms with E-state index < -0.39 is 53.8 Å². The Hall–Kier alpha value is -6.40. The van der Waals surface area contributed by atoms with Crippen LogP contribution in [0.1, 0.15) is 78.3 Å². The summed E-state index contributed by atoms with van der Waals surface area (Å²) in [7, 11) is 0. The Morgan fingerprint density at radius 3 is 1.73 bits per heavy atom. The van der Waals surface area contributed by atoms with Gasteiger partial charge in [0, 0.05) is 11.3 Å². The predicted molar refractivity (Wildman–Crippen MR) is 203 cm³/mol. The molecule has 6 rings (SSSR count). The first-order valence-corrected chi connectivity index (χ1v) is 18.5. The van der Waals surface area contributed by atoms with Crippen molar-refractivity contribution in [3.8, 4) is 0 Å². The van der Waals surface area contributed by atoms with Crippen molar-refractivity contribution in [2.24, 2.45) is 5.92 Å². The van der Waals surface area contributed by atoms with Crippen LogP contribution in [0.2, 0.25) is 0 Å². The molecular weight excluding hydrogens is 721 g/mol. The molecule has 0 spiro atoms. The van der Waals surface area contributed by atoms with Crippen LogP contribution in [0.3, 0.4) is 0 Å². The molecule has 4 atom stereocenters. The molecule has 5 aromatic rings. The van der Waals surface area contributed by atoms with Gasteiger partial charge in [-0.3, -0.25) is 4.79 Å². The molecule has 0 saturated heterocycles. The Balaban J connectivity index is 1.27. The number of carbonyl (C=O) groups is 5. The van der Waals surface area contributed by atoms with Gasteiger partial charge in [0.15, 0.2) is 0 Å². The average molecular weight is 759 g/mol. The lowest BCUT2D eigenvalue weighted by Crippen LogP contribution is -2.38. The molecule has 1 saturated carbocycles. The number of aromatic nitrogens is 1. The summed E-state index contributed by atoms with van der Waals surface area (Å²) >= 11 is 1.15. The summed E-state index contributed by atoms with van der Waals surface area (Å²) < 4.78 is 23.4. The smallest absolute Gasteiger partial charge is 0.355 e. The Morgan fingerprint density at radius 2 is 1.18 bits per heavy atom. The van der Waals surface area contributed by atoms with Crippen LogP contribution in [0.25, 0.3) is 0 Å². The number of nitrogens with zero attached hydrogens (tertiary/aromatic N) is 1. The van der Waals surface area contributed by atoms with Gasteiger partial charge in [-0.05, 0) is 67.8 Å². The SMILES string of the molecule is CC(C)=C(NC(=O)c1csc([C@H]2C[C@@H](COC(=O)c3ccccc3)[C@H](OC(=O)c3ccccc3)[C@@H]2OC(=O)c2ccccc2)n1)C(=O)OCc1ccccc1. The number of carbonyl (C=O) groups excluding carboxylic acids is 5. The van der Waals surface area contributed by atoms with E-state index >= 15 is 0 Å². The van der Waals surface area contributed by atoms with Crippen LogP contribution in [0.15, 0.2) is 138 Å². The zero-order valence-corrected chi connectivity index (χ0v) is 30.9. The quantitative estimate of drug-likeness (QED) is 0.0736. The lowest BCUT2D eigenvalue weighted by Gasteiger charge is -2.26. The second-order valence-electron chi connectivity index (χ2n) is 13.0. The largest absolute Gasteiger partial charge is 0.462 e.